The molecule has 3 aromatic rings. The molecule has 6 nitrogen and oxygen atoms in total. The molecular formula is C19H16ClN5O. The maximum Gasteiger partial charge on any atom is 0.221 e. The molecule has 0 spiro atoms. The van der Waals surface area contributed by atoms with E-state index in [0.29, 0.717) is 22.2 Å². The maximum absolute atomic E-state index is 11.4. The third-order valence-corrected chi connectivity index (χ3v) is 4.45. The van der Waals surface area contributed by atoms with E-state index >= 15 is 0 Å². The lowest BCUT2D eigenvalue weighted by Gasteiger charge is -2.13. The van der Waals surface area contributed by atoms with Crippen molar-refractivity contribution in [2.24, 2.45) is 4.99 Å². The number of rotatable bonds is 2. The van der Waals surface area contributed by atoms with Gasteiger partial charge in [0.1, 0.15) is 5.69 Å². The molecule has 1 aromatic heterocycles. The fourth-order valence-electron chi connectivity index (χ4n) is 2.94. The Kier molecular flexibility index (Phi) is 3.97. The van der Waals surface area contributed by atoms with Crippen LogP contribution in [0.15, 0.2) is 47.5 Å². The van der Waals surface area contributed by atoms with E-state index in [1.807, 2.05) is 49.4 Å². The average molecular weight is 366 g/mol. The summed E-state index contributed by atoms with van der Waals surface area (Å²) in [5.41, 5.74) is 5.48. The van der Waals surface area contributed by atoms with E-state index in [1.165, 1.54) is 6.92 Å². The van der Waals surface area contributed by atoms with Gasteiger partial charge in [0.15, 0.2) is 5.82 Å². The summed E-state index contributed by atoms with van der Waals surface area (Å²) in [6.45, 7) is 3.39. The Morgan fingerprint density at radius 2 is 1.96 bits per heavy atom. The van der Waals surface area contributed by atoms with Crippen molar-refractivity contribution in [3.05, 3.63) is 64.3 Å². The maximum atomic E-state index is 11.4. The highest BCUT2D eigenvalue weighted by atomic mass is 35.5. The second-order valence-electron chi connectivity index (χ2n) is 6.05. The zero-order chi connectivity index (χ0) is 18.3. The van der Waals surface area contributed by atoms with Crippen molar-refractivity contribution in [3.8, 4) is 0 Å². The third-order valence-electron chi connectivity index (χ3n) is 4.12. The van der Waals surface area contributed by atoms with Crippen LogP contribution < -0.4 is 10.6 Å². The van der Waals surface area contributed by atoms with Crippen LogP contribution in [0.5, 0.6) is 0 Å². The van der Waals surface area contributed by atoms with Crippen molar-refractivity contribution in [1.82, 2.24) is 10.2 Å². The zero-order valence-electron chi connectivity index (χ0n) is 14.2. The minimum absolute atomic E-state index is 0.133. The van der Waals surface area contributed by atoms with Gasteiger partial charge in [0, 0.05) is 34.4 Å². The molecule has 0 saturated carbocycles. The summed E-state index contributed by atoms with van der Waals surface area (Å²) in [7, 11) is 0. The van der Waals surface area contributed by atoms with Gasteiger partial charge in [-0.25, -0.2) is 4.99 Å². The van der Waals surface area contributed by atoms with E-state index < -0.39 is 0 Å². The Morgan fingerprint density at radius 3 is 2.73 bits per heavy atom. The van der Waals surface area contributed by atoms with E-state index in [2.05, 4.69) is 20.8 Å². The SMILES string of the molecule is CC(=O)Nc1ccc2c(c1)C(c1ccccc1Cl)=Nc1c(n[nH]c1C)N2. The van der Waals surface area contributed by atoms with Crippen LogP contribution in [0.1, 0.15) is 23.7 Å². The van der Waals surface area contributed by atoms with Gasteiger partial charge >= 0.3 is 0 Å². The molecule has 1 aliphatic rings. The van der Waals surface area contributed by atoms with Crippen molar-refractivity contribution >= 4 is 46.1 Å². The molecule has 0 fully saturated rings. The van der Waals surface area contributed by atoms with Crippen LogP contribution >= 0.6 is 11.6 Å². The Labute approximate surface area is 155 Å². The van der Waals surface area contributed by atoms with Crippen molar-refractivity contribution < 1.29 is 4.79 Å². The first-order chi connectivity index (χ1) is 12.5. The average Bonchev–Trinajstić information content (AvgIpc) is 2.85. The number of aromatic nitrogens is 2. The number of halogens is 1. The largest absolute Gasteiger partial charge is 0.336 e. The Hall–Kier alpha value is -3.12. The number of amides is 1. The van der Waals surface area contributed by atoms with Crippen LogP contribution in [-0.2, 0) is 4.79 Å². The molecule has 4 rings (SSSR count). The van der Waals surface area contributed by atoms with E-state index in [4.69, 9.17) is 16.6 Å². The Balaban J connectivity index is 1.97. The molecule has 0 aliphatic carbocycles. The highest BCUT2D eigenvalue weighted by Gasteiger charge is 2.22. The van der Waals surface area contributed by atoms with Crippen LogP contribution in [0.4, 0.5) is 22.9 Å². The number of hydrogen-bond acceptors (Lipinski definition) is 4. The molecule has 0 radical (unpaired) electrons. The number of fused-ring (bicyclic) bond motifs is 2. The van der Waals surface area contributed by atoms with E-state index in [9.17, 15) is 4.79 Å². The topological polar surface area (TPSA) is 82.2 Å². The van der Waals surface area contributed by atoms with Crippen molar-refractivity contribution in [3.63, 3.8) is 0 Å². The molecule has 1 aliphatic heterocycles. The first kappa shape index (κ1) is 16.4. The zero-order valence-corrected chi connectivity index (χ0v) is 15.0. The molecule has 0 unspecified atom stereocenters. The fraction of sp³-hybridized carbons (Fsp3) is 0.105. The molecule has 1 amide bonds. The Morgan fingerprint density at radius 1 is 1.15 bits per heavy atom. The molecule has 3 N–H and O–H groups in total. The van der Waals surface area contributed by atoms with Gasteiger partial charge in [0.05, 0.1) is 11.4 Å². The normalized spacial score (nSPS) is 12.3. The number of nitrogens with one attached hydrogen (secondary N) is 3. The standard InChI is InChI=1S/C19H16ClN5O/c1-10-17-19(25-24-10)22-16-8-7-12(21-11(2)26)9-14(16)18(23-17)13-5-3-4-6-15(13)20/h3-9H,1-2H3,(H,21,26)(H2,22,24,25). The fourth-order valence-corrected chi connectivity index (χ4v) is 3.16. The monoisotopic (exact) mass is 365 g/mol. The number of H-pyrrole nitrogens is 1. The summed E-state index contributed by atoms with van der Waals surface area (Å²) in [4.78, 5) is 16.3. The highest BCUT2D eigenvalue weighted by Crippen LogP contribution is 2.38. The van der Waals surface area contributed by atoms with Gasteiger partial charge in [-0.3, -0.25) is 9.89 Å². The number of nitrogens with zero attached hydrogens (tertiary/aromatic N) is 2. The minimum atomic E-state index is -0.133. The summed E-state index contributed by atoms with van der Waals surface area (Å²) in [6, 6.07) is 13.2. The molecular weight excluding hydrogens is 350 g/mol. The number of aromatic amines is 1. The predicted octanol–water partition coefficient (Wildman–Crippen LogP) is 4.56. The lowest BCUT2D eigenvalue weighted by atomic mass is 9.99. The van der Waals surface area contributed by atoms with Crippen molar-refractivity contribution in [2.45, 2.75) is 13.8 Å². The number of aryl methyl sites for hydroxylation is 1. The summed E-state index contributed by atoms with van der Waals surface area (Å²) in [6.07, 6.45) is 0. The van der Waals surface area contributed by atoms with Gasteiger partial charge in [-0.2, -0.15) is 5.10 Å². The number of carbonyl (C=O) groups excluding carboxylic acids is 1. The number of hydrogen-bond donors (Lipinski definition) is 3. The highest BCUT2D eigenvalue weighted by molar-refractivity contribution is 6.36. The van der Waals surface area contributed by atoms with Gasteiger partial charge in [-0.15, -0.1) is 0 Å². The van der Waals surface area contributed by atoms with Crippen LogP contribution in [0.2, 0.25) is 5.02 Å². The summed E-state index contributed by atoms with van der Waals surface area (Å²) in [5.74, 6) is 0.518. The molecule has 7 heteroatoms. The van der Waals surface area contributed by atoms with Gasteiger partial charge in [-0.05, 0) is 31.2 Å². The molecule has 0 saturated heterocycles. The molecule has 0 atom stereocenters. The molecule has 2 aromatic carbocycles. The molecule has 2 heterocycles. The first-order valence-electron chi connectivity index (χ1n) is 8.10. The smallest absolute Gasteiger partial charge is 0.221 e. The van der Waals surface area contributed by atoms with Gasteiger partial charge in [-0.1, -0.05) is 29.8 Å². The number of benzene rings is 2. The van der Waals surface area contributed by atoms with Crippen molar-refractivity contribution in [2.75, 3.05) is 10.6 Å². The lowest BCUT2D eigenvalue weighted by molar-refractivity contribution is -0.114. The van der Waals surface area contributed by atoms with Crippen molar-refractivity contribution in [1.29, 1.82) is 0 Å². The van der Waals surface area contributed by atoms with Crippen LogP contribution in [0.25, 0.3) is 0 Å². The molecule has 26 heavy (non-hydrogen) atoms. The van der Waals surface area contributed by atoms with E-state index in [-0.39, 0.29) is 5.91 Å². The second kappa shape index (κ2) is 6.31. The van der Waals surface area contributed by atoms with Crippen LogP contribution in [0.3, 0.4) is 0 Å². The Bertz CT molecular complexity index is 1050. The third kappa shape index (κ3) is 2.84. The second-order valence-corrected chi connectivity index (χ2v) is 6.46. The van der Waals surface area contributed by atoms with Gasteiger partial charge in [0.25, 0.3) is 0 Å². The first-order valence-corrected chi connectivity index (χ1v) is 8.48. The van der Waals surface area contributed by atoms with E-state index in [0.717, 1.165) is 28.2 Å². The van der Waals surface area contributed by atoms with Gasteiger partial charge < -0.3 is 10.6 Å². The number of carbonyl (C=O) groups is 1. The van der Waals surface area contributed by atoms with Gasteiger partial charge in [0.2, 0.25) is 5.91 Å². The predicted molar refractivity (Wildman–Crippen MR) is 104 cm³/mol. The lowest BCUT2D eigenvalue weighted by Crippen LogP contribution is -2.10. The minimum Gasteiger partial charge on any atom is -0.336 e. The summed E-state index contributed by atoms with van der Waals surface area (Å²) < 4.78 is 0. The number of anilines is 3. The quantitative estimate of drug-likeness (QED) is 0.487. The summed E-state index contributed by atoms with van der Waals surface area (Å²) >= 11 is 6.45. The molecule has 0 bridgehead atoms. The van der Waals surface area contributed by atoms with E-state index in [1.54, 1.807) is 0 Å². The van der Waals surface area contributed by atoms with Crippen LogP contribution in [0, 0.1) is 6.92 Å². The molecule has 130 valence electrons. The summed E-state index contributed by atoms with van der Waals surface area (Å²) in [5, 5.41) is 14.0. The number of aliphatic imine (C=N–C) groups is 1. The van der Waals surface area contributed by atoms with Crippen LogP contribution in [-0.4, -0.2) is 21.8 Å².